The van der Waals surface area contributed by atoms with Gasteiger partial charge in [-0.1, -0.05) is 6.92 Å². The quantitative estimate of drug-likeness (QED) is 0.722. The van der Waals surface area contributed by atoms with Crippen molar-refractivity contribution in [3.05, 3.63) is 24.3 Å². The van der Waals surface area contributed by atoms with E-state index in [-0.39, 0.29) is 0 Å². The number of sulfonamides is 1. The van der Waals surface area contributed by atoms with E-state index in [1.54, 1.807) is 12.1 Å². The molecule has 102 valence electrons. The van der Waals surface area contributed by atoms with Gasteiger partial charge in [0.25, 0.3) is 0 Å². The van der Waals surface area contributed by atoms with Crippen LogP contribution in [0.2, 0.25) is 0 Å². The monoisotopic (exact) mass is 288 g/mol. The number of thioether (sulfide) groups is 1. The molecule has 0 fully saturated rings. The lowest BCUT2D eigenvalue weighted by molar-refractivity contribution is 0.607. The molecule has 0 aliphatic heterocycles. The second-order valence-electron chi connectivity index (χ2n) is 3.93. The summed E-state index contributed by atoms with van der Waals surface area (Å²) < 4.78 is 24.5. The maximum absolute atomic E-state index is 11.0. The average molecular weight is 288 g/mol. The molecule has 0 aliphatic rings. The van der Waals surface area contributed by atoms with Gasteiger partial charge in [0.05, 0.1) is 6.26 Å². The van der Waals surface area contributed by atoms with E-state index in [9.17, 15) is 8.42 Å². The lowest BCUT2D eigenvalue weighted by Gasteiger charge is -2.08. The molecule has 0 atom stereocenters. The molecule has 18 heavy (non-hydrogen) atoms. The molecule has 0 saturated heterocycles. The third-order valence-electron chi connectivity index (χ3n) is 2.19. The van der Waals surface area contributed by atoms with Crippen molar-refractivity contribution < 1.29 is 8.42 Å². The van der Waals surface area contributed by atoms with Crippen LogP contribution in [-0.4, -0.2) is 32.7 Å². The highest BCUT2D eigenvalue weighted by atomic mass is 32.2. The van der Waals surface area contributed by atoms with Crippen LogP contribution in [0.1, 0.15) is 13.3 Å². The summed E-state index contributed by atoms with van der Waals surface area (Å²) in [4.78, 5) is 0. The van der Waals surface area contributed by atoms with Crippen LogP contribution < -0.4 is 10.0 Å². The molecule has 1 rings (SSSR count). The molecule has 0 spiro atoms. The lowest BCUT2D eigenvalue weighted by Crippen LogP contribution is -2.09. The molecule has 0 aliphatic carbocycles. The van der Waals surface area contributed by atoms with E-state index in [0.717, 1.165) is 36.4 Å². The van der Waals surface area contributed by atoms with Gasteiger partial charge < -0.3 is 5.32 Å². The van der Waals surface area contributed by atoms with Gasteiger partial charge in [-0.25, -0.2) is 8.42 Å². The van der Waals surface area contributed by atoms with Crippen molar-refractivity contribution >= 4 is 33.2 Å². The van der Waals surface area contributed by atoms with Gasteiger partial charge in [0.15, 0.2) is 0 Å². The molecule has 2 N–H and O–H groups in total. The van der Waals surface area contributed by atoms with Crippen molar-refractivity contribution in [2.45, 2.75) is 13.3 Å². The Morgan fingerprint density at radius 1 is 1.17 bits per heavy atom. The van der Waals surface area contributed by atoms with Crippen LogP contribution in [0.5, 0.6) is 0 Å². The minimum atomic E-state index is -3.19. The maximum Gasteiger partial charge on any atom is 0.229 e. The predicted octanol–water partition coefficient (Wildman–Crippen LogP) is 2.61. The van der Waals surface area contributed by atoms with Crippen LogP contribution in [0, 0.1) is 0 Å². The van der Waals surface area contributed by atoms with Crippen LogP contribution >= 0.6 is 11.8 Å². The van der Waals surface area contributed by atoms with Gasteiger partial charge in [-0.05, 0) is 42.2 Å². The summed E-state index contributed by atoms with van der Waals surface area (Å²) in [6, 6.07) is 7.26. The Morgan fingerprint density at radius 2 is 1.78 bits per heavy atom. The Hall–Kier alpha value is -0.880. The summed E-state index contributed by atoms with van der Waals surface area (Å²) in [5.41, 5.74) is 1.60. The molecular weight excluding hydrogens is 268 g/mol. The van der Waals surface area contributed by atoms with E-state index < -0.39 is 10.0 Å². The number of hydrogen-bond donors (Lipinski definition) is 2. The minimum absolute atomic E-state index is 0.588. The van der Waals surface area contributed by atoms with E-state index >= 15 is 0 Å². The molecule has 0 saturated carbocycles. The number of benzene rings is 1. The largest absolute Gasteiger partial charge is 0.385 e. The van der Waals surface area contributed by atoms with Crippen LogP contribution in [-0.2, 0) is 10.0 Å². The summed E-state index contributed by atoms with van der Waals surface area (Å²) in [6.45, 7) is 3.09. The summed E-state index contributed by atoms with van der Waals surface area (Å²) in [5, 5.41) is 3.30. The van der Waals surface area contributed by atoms with Gasteiger partial charge in [0.2, 0.25) is 10.0 Å². The Kier molecular flexibility index (Phi) is 6.35. The van der Waals surface area contributed by atoms with Crippen LogP contribution in [0.25, 0.3) is 0 Å². The Morgan fingerprint density at radius 3 is 2.33 bits per heavy atom. The van der Waals surface area contributed by atoms with Crippen molar-refractivity contribution in [2.24, 2.45) is 0 Å². The normalized spacial score (nSPS) is 11.2. The highest BCUT2D eigenvalue weighted by molar-refractivity contribution is 7.99. The van der Waals surface area contributed by atoms with E-state index in [0.29, 0.717) is 5.69 Å². The summed E-state index contributed by atoms with van der Waals surface area (Å²) in [6.07, 6.45) is 2.27. The Bertz CT molecular complexity index is 444. The lowest BCUT2D eigenvalue weighted by atomic mass is 10.3. The second kappa shape index (κ2) is 7.53. The first-order valence-electron chi connectivity index (χ1n) is 5.91. The average Bonchev–Trinajstić information content (AvgIpc) is 2.29. The minimum Gasteiger partial charge on any atom is -0.385 e. The highest BCUT2D eigenvalue weighted by Crippen LogP contribution is 2.14. The van der Waals surface area contributed by atoms with E-state index in [4.69, 9.17) is 0 Å². The number of nitrogens with one attached hydrogen (secondary N) is 2. The van der Waals surface area contributed by atoms with Gasteiger partial charge in [-0.3, -0.25) is 4.72 Å². The van der Waals surface area contributed by atoms with Gasteiger partial charge >= 0.3 is 0 Å². The van der Waals surface area contributed by atoms with Crippen molar-refractivity contribution in [1.29, 1.82) is 0 Å². The van der Waals surface area contributed by atoms with Crippen molar-refractivity contribution in [1.82, 2.24) is 0 Å². The molecule has 0 heterocycles. The number of rotatable bonds is 8. The third kappa shape index (κ3) is 6.76. The number of hydrogen-bond acceptors (Lipinski definition) is 4. The van der Waals surface area contributed by atoms with Crippen molar-refractivity contribution in [3.8, 4) is 0 Å². The standard InChI is InChI=1S/C12H20N2O2S2/c1-3-17-10-4-9-13-11-5-7-12(8-6-11)14-18(2,15)16/h5-8,13-14H,3-4,9-10H2,1-2H3. The zero-order chi connectivity index (χ0) is 13.4. The van der Waals surface area contributed by atoms with E-state index in [1.807, 2.05) is 23.9 Å². The Labute approximate surface area is 114 Å². The van der Waals surface area contributed by atoms with E-state index in [2.05, 4.69) is 17.0 Å². The first-order valence-corrected chi connectivity index (χ1v) is 8.95. The first-order chi connectivity index (χ1) is 8.51. The topological polar surface area (TPSA) is 58.2 Å². The third-order valence-corrected chi connectivity index (χ3v) is 3.78. The second-order valence-corrected chi connectivity index (χ2v) is 7.07. The molecule has 0 aromatic heterocycles. The number of anilines is 2. The zero-order valence-corrected chi connectivity index (χ0v) is 12.4. The zero-order valence-electron chi connectivity index (χ0n) is 10.8. The molecule has 6 heteroatoms. The highest BCUT2D eigenvalue weighted by Gasteiger charge is 2.01. The fourth-order valence-corrected chi connectivity index (χ4v) is 2.62. The predicted molar refractivity (Wildman–Crippen MR) is 81.0 cm³/mol. The van der Waals surface area contributed by atoms with Crippen molar-refractivity contribution in [3.63, 3.8) is 0 Å². The molecular formula is C12H20N2O2S2. The van der Waals surface area contributed by atoms with Crippen LogP contribution in [0.4, 0.5) is 11.4 Å². The fourth-order valence-electron chi connectivity index (χ4n) is 1.42. The van der Waals surface area contributed by atoms with Crippen molar-refractivity contribution in [2.75, 3.05) is 34.3 Å². The van der Waals surface area contributed by atoms with Crippen LogP contribution in [0.3, 0.4) is 0 Å². The van der Waals surface area contributed by atoms with Gasteiger partial charge in [-0.15, -0.1) is 0 Å². The smallest absolute Gasteiger partial charge is 0.229 e. The molecule has 0 unspecified atom stereocenters. The van der Waals surface area contributed by atoms with E-state index in [1.165, 1.54) is 0 Å². The molecule has 1 aromatic rings. The van der Waals surface area contributed by atoms with Gasteiger partial charge in [-0.2, -0.15) is 11.8 Å². The summed E-state index contributed by atoms with van der Waals surface area (Å²) >= 11 is 1.94. The summed E-state index contributed by atoms with van der Waals surface area (Å²) in [7, 11) is -3.19. The van der Waals surface area contributed by atoms with Gasteiger partial charge in [0.1, 0.15) is 0 Å². The summed E-state index contributed by atoms with van der Waals surface area (Å²) in [5.74, 6) is 2.32. The van der Waals surface area contributed by atoms with Crippen LogP contribution in [0.15, 0.2) is 24.3 Å². The van der Waals surface area contributed by atoms with Gasteiger partial charge in [0, 0.05) is 17.9 Å². The SMILES string of the molecule is CCSCCCNc1ccc(NS(C)(=O)=O)cc1. The molecule has 0 radical (unpaired) electrons. The first kappa shape index (κ1) is 15.2. The molecule has 0 bridgehead atoms. The molecule has 1 aromatic carbocycles. The maximum atomic E-state index is 11.0. The molecule has 0 amide bonds. The molecule has 4 nitrogen and oxygen atoms in total. The fraction of sp³-hybridized carbons (Fsp3) is 0.500. The Balaban J connectivity index is 2.36.